The number of aryl methyl sites for hydroxylation is 1. The number of hydrogen-bond donors (Lipinski definition) is 2. The van der Waals surface area contributed by atoms with Gasteiger partial charge >= 0.3 is 0 Å². The molecule has 1 amide bonds. The Morgan fingerprint density at radius 3 is 2.74 bits per heavy atom. The molecule has 0 aliphatic carbocycles. The lowest BCUT2D eigenvalue weighted by molar-refractivity contribution is -0.122. The molecule has 0 radical (unpaired) electrons. The molecular formula is C22H32FN5O3. The zero-order valence-corrected chi connectivity index (χ0v) is 18.5. The van der Waals surface area contributed by atoms with Crippen molar-refractivity contribution in [3.05, 3.63) is 35.3 Å². The van der Waals surface area contributed by atoms with Gasteiger partial charge in [0.2, 0.25) is 5.91 Å². The predicted octanol–water partition coefficient (Wildman–Crippen LogP) is 1.73. The SMILES string of the molecule is CCNC(=NCc1oc2ccc(F)cc2c1C)N1CCN(CC(=O)NCCOC)CC1. The minimum absolute atomic E-state index is 0.0165. The van der Waals surface area contributed by atoms with Crippen LogP contribution in [0.5, 0.6) is 0 Å². The molecule has 31 heavy (non-hydrogen) atoms. The number of furan rings is 1. The summed E-state index contributed by atoms with van der Waals surface area (Å²) in [5.41, 5.74) is 1.59. The van der Waals surface area contributed by atoms with Crippen LogP contribution in [0.15, 0.2) is 27.6 Å². The largest absolute Gasteiger partial charge is 0.459 e. The van der Waals surface area contributed by atoms with E-state index in [1.165, 1.54) is 12.1 Å². The number of nitrogens with zero attached hydrogens (tertiary/aromatic N) is 3. The number of fused-ring (bicyclic) bond motifs is 1. The van der Waals surface area contributed by atoms with E-state index in [0.29, 0.717) is 31.8 Å². The molecule has 0 spiro atoms. The lowest BCUT2D eigenvalue weighted by atomic mass is 10.1. The number of carbonyl (C=O) groups excluding carboxylic acids is 1. The number of nitrogens with one attached hydrogen (secondary N) is 2. The van der Waals surface area contributed by atoms with E-state index in [0.717, 1.165) is 55.4 Å². The Balaban J connectivity index is 1.58. The van der Waals surface area contributed by atoms with Gasteiger partial charge in [0, 0.05) is 57.3 Å². The first kappa shape index (κ1) is 23.0. The Kier molecular flexibility index (Phi) is 8.25. The van der Waals surface area contributed by atoms with Crippen LogP contribution in [-0.2, 0) is 16.1 Å². The fourth-order valence-corrected chi connectivity index (χ4v) is 3.64. The number of methoxy groups -OCH3 is 1. The third-order valence-corrected chi connectivity index (χ3v) is 5.37. The topological polar surface area (TPSA) is 82.3 Å². The van der Waals surface area contributed by atoms with Crippen LogP contribution in [0.4, 0.5) is 4.39 Å². The number of ether oxygens (including phenoxy) is 1. The van der Waals surface area contributed by atoms with Gasteiger partial charge in [-0.1, -0.05) is 0 Å². The fraction of sp³-hybridized carbons (Fsp3) is 0.545. The van der Waals surface area contributed by atoms with Crippen LogP contribution in [0.2, 0.25) is 0 Å². The molecule has 3 rings (SSSR count). The van der Waals surface area contributed by atoms with Gasteiger partial charge in [-0.15, -0.1) is 0 Å². The Morgan fingerprint density at radius 2 is 2.03 bits per heavy atom. The lowest BCUT2D eigenvalue weighted by Crippen LogP contribution is -2.54. The highest BCUT2D eigenvalue weighted by Gasteiger charge is 2.21. The van der Waals surface area contributed by atoms with E-state index in [2.05, 4.69) is 20.4 Å². The van der Waals surface area contributed by atoms with Gasteiger partial charge in [0.1, 0.15) is 23.7 Å². The fourth-order valence-electron chi connectivity index (χ4n) is 3.64. The molecule has 1 saturated heterocycles. The van der Waals surface area contributed by atoms with Crippen molar-refractivity contribution in [1.29, 1.82) is 0 Å². The van der Waals surface area contributed by atoms with Gasteiger partial charge < -0.3 is 24.7 Å². The molecule has 2 aromatic rings. The van der Waals surface area contributed by atoms with Gasteiger partial charge in [-0.3, -0.25) is 9.69 Å². The third-order valence-electron chi connectivity index (χ3n) is 5.37. The first-order chi connectivity index (χ1) is 15.0. The summed E-state index contributed by atoms with van der Waals surface area (Å²) in [5, 5.41) is 6.98. The summed E-state index contributed by atoms with van der Waals surface area (Å²) in [6.45, 7) is 9.66. The van der Waals surface area contributed by atoms with E-state index < -0.39 is 0 Å². The summed E-state index contributed by atoms with van der Waals surface area (Å²) < 4.78 is 24.4. The molecule has 1 aliphatic heterocycles. The van der Waals surface area contributed by atoms with E-state index in [1.54, 1.807) is 13.2 Å². The third kappa shape index (κ3) is 6.18. The number of guanidine groups is 1. The van der Waals surface area contributed by atoms with Crippen LogP contribution in [0.1, 0.15) is 18.2 Å². The van der Waals surface area contributed by atoms with Gasteiger partial charge in [0.25, 0.3) is 0 Å². The first-order valence-electron chi connectivity index (χ1n) is 10.7. The highest BCUT2D eigenvalue weighted by Crippen LogP contribution is 2.26. The monoisotopic (exact) mass is 433 g/mol. The van der Waals surface area contributed by atoms with Crippen molar-refractivity contribution in [3.63, 3.8) is 0 Å². The highest BCUT2D eigenvalue weighted by atomic mass is 19.1. The first-order valence-corrected chi connectivity index (χ1v) is 10.7. The van der Waals surface area contributed by atoms with Crippen molar-refractivity contribution < 1.29 is 18.3 Å². The zero-order valence-electron chi connectivity index (χ0n) is 18.5. The molecule has 1 aliphatic rings. The molecule has 1 fully saturated rings. The summed E-state index contributed by atoms with van der Waals surface area (Å²) in [6, 6.07) is 4.55. The average Bonchev–Trinajstić information content (AvgIpc) is 3.07. The molecule has 1 aromatic heterocycles. The van der Waals surface area contributed by atoms with Crippen molar-refractivity contribution in [3.8, 4) is 0 Å². The Hall–Kier alpha value is -2.65. The van der Waals surface area contributed by atoms with Crippen LogP contribution in [0.25, 0.3) is 11.0 Å². The zero-order chi connectivity index (χ0) is 22.2. The predicted molar refractivity (Wildman–Crippen MR) is 119 cm³/mol. The number of piperazine rings is 1. The van der Waals surface area contributed by atoms with E-state index >= 15 is 0 Å². The highest BCUT2D eigenvalue weighted by molar-refractivity contribution is 5.83. The van der Waals surface area contributed by atoms with Gasteiger partial charge in [0.15, 0.2) is 5.96 Å². The van der Waals surface area contributed by atoms with Crippen LogP contribution >= 0.6 is 0 Å². The van der Waals surface area contributed by atoms with Gasteiger partial charge in [-0.05, 0) is 32.0 Å². The molecule has 0 bridgehead atoms. The van der Waals surface area contributed by atoms with E-state index in [1.807, 2.05) is 13.8 Å². The molecule has 1 aromatic carbocycles. The Labute approximate surface area is 182 Å². The minimum atomic E-state index is -0.273. The van der Waals surface area contributed by atoms with Crippen LogP contribution in [-0.4, -0.2) is 81.2 Å². The van der Waals surface area contributed by atoms with E-state index in [4.69, 9.17) is 14.1 Å². The minimum Gasteiger partial charge on any atom is -0.459 e. The summed E-state index contributed by atoms with van der Waals surface area (Å²) in [7, 11) is 1.62. The number of aliphatic imine (C=N–C) groups is 1. The van der Waals surface area contributed by atoms with Gasteiger partial charge in [-0.2, -0.15) is 0 Å². The van der Waals surface area contributed by atoms with Crippen molar-refractivity contribution in [2.75, 3.05) is 59.5 Å². The molecule has 0 unspecified atom stereocenters. The molecule has 170 valence electrons. The van der Waals surface area contributed by atoms with Crippen molar-refractivity contribution >= 4 is 22.8 Å². The summed E-state index contributed by atoms with van der Waals surface area (Å²) >= 11 is 0. The molecule has 2 N–H and O–H groups in total. The quantitative estimate of drug-likeness (QED) is 0.375. The molecule has 2 heterocycles. The van der Waals surface area contributed by atoms with Crippen molar-refractivity contribution in [2.24, 2.45) is 4.99 Å². The number of benzene rings is 1. The molecule has 0 atom stereocenters. The number of hydrogen-bond acceptors (Lipinski definition) is 5. The Bertz CT molecular complexity index is 906. The number of halogens is 1. The summed E-state index contributed by atoms with van der Waals surface area (Å²) in [6.07, 6.45) is 0. The summed E-state index contributed by atoms with van der Waals surface area (Å²) in [5.74, 6) is 1.30. The number of rotatable bonds is 8. The second kappa shape index (κ2) is 11.1. The van der Waals surface area contributed by atoms with Crippen molar-refractivity contribution in [1.82, 2.24) is 20.4 Å². The molecule has 9 heteroatoms. The van der Waals surface area contributed by atoms with Crippen molar-refractivity contribution in [2.45, 2.75) is 20.4 Å². The molecule has 0 saturated carbocycles. The van der Waals surface area contributed by atoms with Crippen LogP contribution in [0.3, 0.4) is 0 Å². The van der Waals surface area contributed by atoms with Crippen LogP contribution < -0.4 is 10.6 Å². The molecular weight excluding hydrogens is 401 g/mol. The summed E-state index contributed by atoms with van der Waals surface area (Å²) in [4.78, 5) is 21.1. The second-order valence-corrected chi connectivity index (χ2v) is 7.57. The maximum atomic E-state index is 13.6. The smallest absolute Gasteiger partial charge is 0.234 e. The standard InChI is InChI=1S/C22H32FN5O3/c1-4-24-22(26-14-20-16(2)18-13-17(23)5-6-19(18)31-20)28-10-8-27(9-11-28)15-21(29)25-7-12-30-3/h5-6,13H,4,7-12,14-15H2,1-3H3,(H,24,26)(H,25,29). The number of amides is 1. The average molecular weight is 434 g/mol. The molecule has 8 nitrogen and oxygen atoms in total. The number of carbonyl (C=O) groups is 1. The van der Waals surface area contributed by atoms with Gasteiger partial charge in [-0.25, -0.2) is 9.38 Å². The van der Waals surface area contributed by atoms with Crippen LogP contribution in [0, 0.1) is 12.7 Å². The second-order valence-electron chi connectivity index (χ2n) is 7.57. The normalized spacial score (nSPS) is 15.5. The lowest BCUT2D eigenvalue weighted by Gasteiger charge is -2.36. The van der Waals surface area contributed by atoms with E-state index in [9.17, 15) is 9.18 Å². The van der Waals surface area contributed by atoms with E-state index in [-0.39, 0.29) is 11.7 Å². The van der Waals surface area contributed by atoms with Gasteiger partial charge in [0.05, 0.1) is 13.2 Å². The Morgan fingerprint density at radius 1 is 1.26 bits per heavy atom. The maximum absolute atomic E-state index is 13.6. The maximum Gasteiger partial charge on any atom is 0.234 e.